The van der Waals surface area contributed by atoms with Gasteiger partial charge in [0.05, 0.1) is 0 Å². The van der Waals surface area contributed by atoms with Gasteiger partial charge in [0.1, 0.15) is 5.82 Å². The minimum Gasteiger partial charge on any atom is -0.381 e. The summed E-state index contributed by atoms with van der Waals surface area (Å²) in [5.41, 5.74) is 6.53. The van der Waals surface area contributed by atoms with Gasteiger partial charge in [-0.2, -0.15) is 0 Å². The molecule has 3 nitrogen and oxygen atoms in total. The molecule has 0 radical (unpaired) electrons. The van der Waals surface area contributed by atoms with E-state index in [1.54, 1.807) is 6.07 Å². The van der Waals surface area contributed by atoms with E-state index in [1.165, 1.54) is 6.07 Å². The van der Waals surface area contributed by atoms with Crippen LogP contribution in [0.5, 0.6) is 0 Å². The third kappa shape index (κ3) is 3.54. The zero-order valence-electron chi connectivity index (χ0n) is 11.1. The molecule has 1 aromatic carbocycles. The van der Waals surface area contributed by atoms with Gasteiger partial charge < -0.3 is 10.5 Å². The molecule has 0 saturated carbocycles. The Bertz CT molecular complexity index is 424. The van der Waals surface area contributed by atoms with Crippen molar-refractivity contribution in [2.24, 2.45) is 5.73 Å². The summed E-state index contributed by atoms with van der Waals surface area (Å²) in [6.45, 7) is 1.95. The van der Waals surface area contributed by atoms with E-state index < -0.39 is 0 Å². The van der Waals surface area contributed by atoms with Gasteiger partial charge in [-0.15, -0.1) is 0 Å². The summed E-state index contributed by atoms with van der Waals surface area (Å²) in [6.07, 6.45) is 1.95. The number of hydrogen-bond acceptors (Lipinski definition) is 3. The van der Waals surface area contributed by atoms with Crippen molar-refractivity contribution in [2.75, 3.05) is 26.8 Å². The van der Waals surface area contributed by atoms with Gasteiger partial charge >= 0.3 is 0 Å². The number of benzene rings is 1. The maximum atomic E-state index is 14.0. The zero-order valence-corrected chi connectivity index (χ0v) is 12.7. The smallest absolute Gasteiger partial charge is 0.128 e. The van der Waals surface area contributed by atoms with Gasteiger partial charge in [0.15, 0.2) is 0 Å². The molecule has 2 N–H and O–H groups in total. The predicted octanol–water partition coefficient (Wildman–Crippen LogP) is 2.70. The topological polar surface area (TPSA) is 38.5 Å². The molecule has 1 atom stereocenters. The van der Waals surface area contributed by atoms with Crippen LogP contribution in [0.15, 0.2) is 22.7 Å². The summed E-state index contributed by atoms with van der Waals surface area (Å²) in [4.78, 5) is 2.19. The Morgan fingerprint density at radius 2 is 2.16 bits per heavy atom. The van der Waals surface area contributed by atoms with Crippen LogP contribution in [0.4, 0.5) is 4.39 Å². The standard InChI is InChI=1S/C14H20BrFN2O/c1-18(11-4-6-19-7-5-11)14(9-17)12-8-10(15)2-3-13(12)16/h2-3,8,11,14H,4-7,9,17H2,1H3. The highest BCUT2D eigenvalue weighted by atomic mass is 79.9. The summed E-state index contributed by atoms with van der Waals surface area (Å²) in [5.74, 6) is -0.197. The fraction of sp³-hybridized carbons (Fsp3) is 0.571. The molecule has 0 bridgehead atoms. The van der Waals surface area contributed by atoms with Gasteiger partial charge in [-0.1, -0.05) is 15.9 Å². The van der Waals surface area contributed by atoms with E-state index in [-0.39, 0.29) is 11.9 Å². The maximum absolute atomic E-state index is 14.0. The van der Waals surface area contributed by atoms with E-state index in [1.807, 2.05) is 13.1 Å². The molecule has 0 amide bonds. The molecule has 0 aromatic heterocycles. The van der Waals surface area contributed by atoms with E-state index in [2.05, 4.69) is 20.8 Å². The first kappa shape index (κ1) is 14.9. The van der Waals surface area contributed by atoms with Crippen LogP contribution in [0.3, 0.4) is 0 Å². The van der Waals surface area contributed by atoms with Crippen molar-refractivity contribution in [3.63, 3.8) is 0 Å². The fourth-order valence-electron chi connectivity index (χ4n) is 2.63. The van der Waals surface area contributed by atoms with Gasteiger partial charge in [-0.05, 0) is 38.1 Å². The molecule has 1 unspecified atom stereocenters. The van der Waals surface area contributed by atoms with Crippen LogP contribution in [-0.4, -0.2) is 37.7 Å². The number of likely N-dealkylation sites (N-methyl/N-ethyl adjacent to an activating group) is 1. The molecular formula is C14H20BrFN2O. The first-order valence-electron chi connectivity index (χ1n) is 6.58. The lowest BCUT2D eigenvalue weighted by Gasteiger charge is -2.37. The molecule has 1 saturated heterocycles. The number of rotatable bonds is 4. The monoisotopic (exact) mass is 330 g/mol. The highest BCUT2D eigenvalue weighted by molar-refractivity contribution is 9.10. The van der Waals surface area contributed by atoms with Crippen LogP contribution >= 0.6 is 15.9 Å². The quantitative estimate of drug-likeness (QED) is 0.922. The van der Waals surface area contributed by atoms with Crippen LogP contribution in [0.1, 0.15) is 24.4 Å². The first-order valence-corrected chi connectivity index (χ1v) is 7.37. The van der Waals surface area contributed by atoms with Crippen molar-refractivity contribution in [1.29, 1.82) is 0 Å². The second-order valence-electron chi connectivity index (χ2n) is 4.93. The minimum atomic E-state index is -0.197. The van der Waals surface area contributed by atoms with Crippen molar-refractivity contribution >= 4 is 15.9 Å². The van der Waals surface area contributed by atoms with Gasteiger partial charge in [0, 0.05) is 41.9 Å². The molecule has 19 heavy (non-hydrogen) atoms. The average Bonchev–Trinajstić information content (AvgIpc) is 2.44. The van der Waals surface area contributed by atoms with Crippen molar-refractivity contribution in [2.45, 2.75) is 24.9 Å². The Kier molecular flexibility index (Phi) is 5.33. The van der Waals surface area contributed by atoms with Gasteiger partial charge in [-0.3, -0.25) is 4.90 Å². The summed E-state index contributed by atoms with van der Waals surface area (Å²) < 4.78 is 20.3. The summed E-state index contributed by atoms with van der Waals surface area (Å²) in [7, 11) is 2.02. The highest BCUT2D eigenvalue weighted by Crippen LogP contribution is 2.28. The number of halogens is 2. The third-order valence-corrected chi connectivity index (χ3v) is 4.29. The summed E-state index contributed by atoms with van der Waals surface area (Å²) in [6, 6.07) is 5.32. The lowest BCUT2D eigenvalue weighted by Crippen LogP contribution is -2.42. The van der Waals surface area contributed by atoms with Crippen molar-refractivity contribution in [3.05, 3.63) is 34.1 Å². The van der Waals surface area contributed by atoms with Crippen LogP contribution in [0, 0.1) is 5.82 Å². The minimum absolute atomic E-state index is 0.0967. The van der Waals surface area contributed by atoms with Gasteiger partial charge in [0.2, 0.25) is 0 Å². The Morgan fingerprint density at radius 1 is 1.47 bits per heavy atom. The largest absolute Gasteiger partial charge is 0.381 e. The molecule has 1 aliphatic rings. The Morgan fingerprint density at radius 3 is 2.79 bits per heavy atom. The number of ether oxygens (including phenoxy) is 1. The van der Waals surface area contributed by atoms with Crippen LogP contribution in [0.2, 0.25) is 0 Å². The van der Waals surface area contributed by atoms with E-state index >= 15 is 0 Å². The zero-order chi connectivity index (χ0) is 13.8. The molecule has 0 aliphatic carbocycles. The van der Waals surface area contributed by atoms with Crippen molar-refractivity contribution in [1.82, 2.24) is 4.90 Å². The molecule has 1 fully saturated rings. The maximum Gasteiger partial charge on any atom is 0.128 e. The molecule has 106 valence electrons. The molecule has 0 spiro atoms. The first-order chi connectivity index (χ1) is 9.13. The normalized spacial score (nSPS) is 18.8. The van der Waals surface area contributed by atoms with Crippen LogP contribution in [0.25, 0.3) is 0 Å². The molecular weight excluding hydrogens is 311 g/mol. The third-order valence-electron chi connectivity index (χ3n) is 3.80. The molecule has 1 aliphatic heterocycles. The molecule has 2 rings (SSSR count). The number of hydrogen-bond donors (Lipinski definition) is 1. The van der Waals surface area contributed by atoms with E-state index in [0.717, 1.165) is 30.5 Å². The molecule has 1 heterocycles. The Hall–Kier alpha value is -0.490. The number of nitrogens with two attached hydrogens (primary N) is 1. The molecule has 1 aromatic rings. The van der Waals surface area contributed by atoms with Crippen LogP contribution < -0.4 is 5.73 Å². The van der Waals surface area contributed by atoms with E-state index in [9.17, 15) is 4.39 Å². The number of nitrogens with zero attached hydrogens (tertiary/aromatic N) is 1. The van der Waals surface area contributed by atoms with Gasteiger partial charge in [0.25, 0.3) is 0 Å². The Balaban J connectivity index is 2.20. The van der Waals surface area contributed by atoms with E-state index in [0.29, 0.717) is 18.2 Å². The SMILES string of the molecule is CN(C1CCOCC1)C(CN)c1cc(Br)ccc1F. The Labute approximate surface area is 122 Å². The van der Waals surface area contributed by atoms with Crippen molar-refractivity contribution in [3.8, 4) is 0 Å². The summed E-state index contributed by atoms with van der Waals surface area (Å²) >= 11 is 3.39. The second kappa shape index (κ2) is 6.79. The lowest BCUT2D eigenvalue weighted by molar-refractivity contribution is 0.0289. The van der Waals surface area contributed by atoms with Gasteiger partial charge in [-0.25, -0.2) is 4.39 Å². The highest BCUT2D eigenvalue weighted by Gasteiger charge is 2.26. The fourth-order valence-corrected chi connectivity index (χ4v) is 3.01. The van der Waals surface area contributed by atoms with E-state index in [4.69, 9.17) is 10.5 Å². The summed E-state index contributed by atoms with van der Waals surface area (Å²) in [5, 5.41) is 0. The lowest BCUT2D eigenvalue weighted by atomic mass is 10.00. The van der Waals surface area contributed by atoms with Crippen LogP contribution in [-0.2, 0) is 4.74 Å². The molecule has 5 heteroatoms. The second-order valence-corrected chi connectivity index (χ2v) is 5.84. The predicted molar refractivity (Wildman–Crippen MR) is 77.5 cm³/mol. The average molecular weight is 331 g/mol. The van der Waals surface area contributed by atoms with Crippen molar-refractivity contribution < 1.29 is 9.13 Å².